The van der Waals surface area contributed by atoms with Crippen molar-refractivity contribution in [1.29, 1.82) is 0 Å². The molecule has 1 aromatic carbocycles. The van der Waals surface area contributed by atoms with Crippen molar-refractivity contribution in [3.63, 3.8) is 0 Å². The van der Waals surface area contributed by atoms with E-state index in [0.29, 0.717) is 18.5 Å². The van der Waals surface area contributed by atoms with Crippen LogP contribution in [0.25, 0.3) is 0 Å². The second kappa shape index (κ2) is 6.65. The smallest absolute Gasteiger partial charge is 0.257 e. The minimum Gasteiger partial charge on any atom is -0.497 e. The average molecular weight is 329 g/mol. The molecule has 2 heterocycles. The Balaban J connectivity index is 1.87. The largest absolute Gasteiger partial charge is 0.497 e. The third-order valence-corrected chi connectivity index (χ3v) is 4.40. The molecule has 0 aliphatic carbocycles. The number of methoxy groups -OCH3 is 1. The minimum atomic E-state index is -0.523. The van der Waals surface area contributed by atoms with E-state index >= 15 is 0 Å². The second-order valence-corrected chi connectivity index (χ2v) is 6.44. The molecular weight excluding hydrogens is 306 g/mol. The van der Waals surface area contributed by atoms with Gasteiger partial charge < -0.3 is 14.7 Å². The summed E-state index contributed by atoms with van der Waals surface area (Å²) in [6.45, 7) is 4.35. The number of aromatic nitrogens is 2. The molecule has 1 aliphatic rings. The van der Waals surface area contributed by atoms with Crippen molar-refractivity contribution in [3.05, 3.63) is 47.8 Å². The lowest BCUT2D eigenvalue weighted by molar-refractivity contribution is 0.0715. The van der Waals surface area contributed by atoms with Crippen LogP contribution in [0, 0.1) is 0 Å². The number of rotatable bonds is 4. The zero-order valence-corrected chi connectivity index (χ0v) is 14.2. The monoisotopic (exact) mass is 329 g/mol. The summed E-state index contributed by atoms with van der Waals surface area (Å²) in [5, 5.41) is 14.3. The molecular formula is C18H23N3O3. The number of hydrogen-bond acceptors (Lipinski definition) is 4. The summed E-state index contributed by atoms with van der Waals surface area (Å²) in [7, 11) is 1.62. The molecule has 2 aromatic rings. The highest BCUT2D eigenvalue weighted by atomic mass is 16.5. The second-order valence-electron chi connectivity index (χ2n) is 6.44. The van der Waals surface area contributed by atoms with Crippen molar-refractivity contribution in [2.24, 2.45) is 0 Å². The van der Waals surface area contributed by atoms with Crippen molar-refractivity contribution < 1.29 is 14.6 Å². The molecule has 0 radical (unpaired) electrons. The molecule has 1 fully saturated rings. The van der Waals surface area contributed by atoms with Crippen LogP contribution in [0.3, 0.4) is 0 Å². The van der Waals surface area contributed by atoms with Crippen molar-refractivity contribution in [2.75, 3.05) is 13.7 Å². The van der Waals surface area contributed by atoms with E-state index in [2.05, 4.69) is 5.10 Å². The fourth-order valence-electron chi connectivity index (χ4n) is 3.10. The van der Waals surface area contributed by atoms with Gasteiger partial charge in [-0.3, -0.25) is 9.48 Å². The quantitative estimate of drug-likeness (QED) is 0.935. The standard InChI is InChI=1S/C18H23N3O3/c1-12(2)21-10-14(9-19-21)18(23)20-11-15(22)8-17(20)13-5-4-6-16(7-13)24-3/h4-7,9-10,12,15,17,22H,8,11H2,1-3H3/t15-,17+/m0/s1. The number of aliphatic hydroxyl groups is 1. The molecule has 6 heteroatoms. The molecule has 1 N–H and O–H groups in total. The van der Waals surface area contributed by atoms with E-state index in [0.717, 1.165) is 11.3 Å². The highest BCUT2D eigenvalue weighted by Crippen LogP contribution is 2.34. The first-order valence-corrected chi connectivity index (χ1v) is 8.16. The van der Waals surface area contributed by atoms with Crippen LogP contribution in [0.4, 0.5) is 0 Å². The maximum Gasteiger partial charge on any atom is 0.257 e. The van der Waals surface area contributed by atoms with E-state index in [-0.39, 0.29) is 18.0 Å². The lowest BCUT2D eigenvalue weighted by Gasteiger charge is -2.24. The molecule has 0 saturated carbocycles. The van der Waals surface area contributed by atoms with Gasteiger partial charge in [-0.2, -0.15) is 5.10 Å². The summed E-state index contributed by atoms with van der Waals surface area (Å²) in [4.78, 5) is 14.6. The van der Waals surface area contributed by atoms with E-state index in [1.54, 1.807) is 29.1 Å². The maximum atomic E-state index is 12.9. The molecule has 3 rings (SSSR count). The summed E-state index contributed by atoms with van der Waals surface area (Å²) in [5.74, 6) is 0.639. The van der Waals surface area contributed by atoms with Gasteiger partial charge in [-0.05, 0) is 38.0 Å². The summed E-state index contributed by atoms with van der Waals surface area (Å²) in [6.07, 6.45) is 3.36. The third-order valence-electron chi connectivity index (χ3n) is 4.40. The van der Waals surface area contributed by atoms with Gasteiger partial charge in [-0.15, -0.1) is 0 Å². The van der Waals surface area contributed by atoms with Gasteiger partial charge in [0.2, 0.25) is 0 Å². The van der Waals surface area contributed by atoms with Crippen molar-refractivity contribution in [3.8, 4) is 5.75 Å². The van der Waals surface area contributed by atoms with Gasteiger partial charge in [-0.1, -0.05) is 12.1 Å². The van der Waals surface area contributed by atoms with E-state index in [1.807, 2.05) is 38.1 Å². The Morgan fingerprint density at radius 1 is 1.42 bits per heavy atom. The normalized spacial score (nSPS) is 20.6. The molecule has 1 saturated heterocycles. The molecule has 2 atom stereocenters. The fourth-order valence-corrected chi connectivity index (χ4v) is 3.10. The molecule has 1 aromatic heterocycles. The number of carbonyl (C=O) groups excluding carboxylic acids is 1. The van der Waals surface area contributed by atoms with Crippen LogP contribution in [0.2, 0.25) is 0 Å². The Kier molecular flexibility index (Phi) is 4.57. The molecule has 0 unspecified atom stereocenters. The first-order chi connectivity index (χ1) is 11.5. The van der Waals surface area contributed by atoms with Crippen LogP contribution in [0.15, 0.2) is 36.7 Å². The molecule has 6 nitrogen and oxygen atoms in total. The molecule has 24 heavy (non-hydrogen) atoms. The Bertz CT molecular complexity index is 726. The molecule has 0 spiro atoms. The Morgan fingerprint density at radius 2 is 2.21 bits per heavy atom. The molecule has 1 amide bonds. The van der Waals surface area contributed by atoms with Crippen LogP contribution in [0.1, 0.15) is 48.3 Å². The number of nitrogens with zero attached hydrogens (tertiary/aromatic N) is 3. The van der Waals surface area contributed by atoms with Gasteiger partial charge >= 0.3 is 0 Å². The topological polar surface area (TPSA) is 67.6 Å². The van der Waals surface area contributed by atoms with Crippen LogP contribution in [-0.2, 0) is 0 Å². The van der Waals surface area contributed by atoms with Crippen LogP contribution >= 0.6 is 0 Å². The molecule has 1 aliphatic heterocycles. The number of aliphatic hydroxyl groups excluding tert-OH is 1. The molecule has 0 bridgehead atoms. The van der Waals surface area contributed by atoms with E-state index in [1.165, 1.54) is 0 Å². The first-order valence-electron chi connectivity index (χ1n) is 8.16. The van der Waals surface area contributed by atoms with Crippen LogP contribution in [0.5, 0.6) is 5.75 Å². The SMILES string of the molecule is COc1cccc([C@H]2C[C@H](O)CN2C(=O)c2cnn(C(C)C)c2)c1. The summed E-state index contributed by atoms with van der Waals surface area (Å²) >= 11 is 0. The summed E-state index contributed by atoms with van der Waals surface area (Å²) < 4.78 is 7.04. The summed E-state index contributed by atoms with van der Waals surface area (Å²) in [6, 6.07) is 7.69. The fraction of sp³-hybridized carbons (Fsp3) is 0.444. The van der Waals surface area contributed by atoms with Gasteiger partial charge in [0.15, 0.2) is 0 Å². The number of hydrogen-bond donors (Lipinski definition) is 1. The Hall–Kier alpha value is -2.34. The number of carbonyl (C=O) groups is 1. The lowest BCUT2D eigenvalue weighted by Crippen LogP contribution is -2.31. The van der Waals surface area contributed by atoms with Gasteiger partial charge in [0.25, 0.3) is 5.91 Å². The zero-order chi connectivity index (χ0) is 17.3. The van der Waals surface area contributed by atoms with Crippen molar-refractivity contribution in [2.45, 2.75) is 38.5 Å². The van der Waals surface area contributed by atoms with E-state index in [9.17, 15) is 9.90 Å². The van der Waals surface area contributed by atoms with Gasteiger partial charge in [0.1, 0.15) is 5.75 Å². The Morgan fingerprint density at radius 3 is 2.88 bits per heavy atom. The number of amides is 1. The van der Waals surface area contributed by atoms with Crippen molar-refractivity contribution >= 4 is 5.91 Å². The maximum absolute atomic E-state index is 12.9. The van der Waals surface area contributed by atoms with Gasteiger partial charge in [0.05, 0.1) is 31.0 Å². The first kappa shape index (κ1) is 16.5. The van der Waals surface area contributed by atoms with E-state index in [4.69, 9.17) is 4.74 Å². The highest BCUT2D eigenvalue weighted by Gasteiger charge is 2.36. The number of benzene rings is 1. The Labute approximate surface area is 141 Å². The van der Waals surface area contributed by atoms with E-state index < -0.39 is 6.10 Å². The average Bonchev–Trinajstić information content (AvgIpc) is 3.21. The van der Waals surface area contributed by atoms with Gasteiger partial charge in [0, 0.05) is 18.8 Å². The molecule has 128 valence electrons. The predicted molar refractivity (Wildman–Crippen MR) is 90.0 cm³/mol. The minimum absolute atomic E-state index is 0.105. The van der Waals surface area contributed by atoms with Crippen LogP contribution in [-0.4, -0.2) is 45.5 Å². The number of β-amino-alcohol motifs (C(OH)–C–C–N with tert-alkyl or cyclic N) is 1. The zero-order valence-electron chi connectivity index (χ0n) is 14.2. The number of likely N-dealkylation sites (tertiary alicyclic amines) is 1. The number of ether oxygens (including phenoxy) is 1. The predicted octanol–water partition coefficient (Wildman–Crippen LogP) is 2.42. The summed E-state index contributed by atoms with van der Waals surface area (Å²) in [5.41, 5.74) is 1.51. The van der Waals surface area contributed by atoms with Crippen molar-refractivity contribution in [1.82, 2.24) is 14.7 Å². The lowest BCUT2D eigenvalue weighted by atomic mass is 10.0. The van der Waals surface area contributed by atoms with Gasteiger partial charge in [-0.25, -0.2) is 0 Å². The van der Waals surface area contributed by atoms with Crippen LogP contribution < -0.4 is 4.74 Å². The highest BCUT2D eigenvalue weighted by molar-refractivity contribution is 5.94. The third kappa shape index (κ3) is 3.14.